The molecule has 4 atom stereocenters. The summed E-state index contributed by atoms with van der Waals surface area (Å²) in [6.07, 6.45) is 0.981. The molecule has 2 saturated carbocycles. The maximum atomic E-state index is 14.3. The van der Waals surface area contributed by atoms with Gasteiger partial charge in [-0.15, -0.1) is 0 Å². The lowest BCUT2D eigenvalue weighted by Crippen LogP contribution is -2.37. The van der Waals surface area contributed by atoms with E-state index in [0.717, 1.165) is 18.9 Å². The number of pyridine rings is 1. The maximum absolute atomic E-state index is 14.3. The van der Waals surface area contributed by atoms with Crippen LogP contribution in [0.2, 0.25) is 0 Å². The summed E-state index contributed by atoms with van der Waals surface area (Å²) in [7, 11) is 0. The lowest BCUT2D eigenvalue weighted by atomic mass is 9.89. The molecule has 6 nitrogen and oxygen atoms in total. The van der Waals surface area contributed by atoms with Crippen LogP contribution >= 0.6 is 0 Å². The molecule has 2 aliphatic carbocycles. The SMILES string of the molecule is Cc1cc(F)cc2c(=O)c(C(=O)O)c(N3CC(C)C(C4(N)CC4)C3)n(C3CC3F)c12. The molecule has 160 valence electrons. The van der Waals surface area contributed by atoms with Gasteiger partial charge in [-0.3, -0.25) is 4.79 Å². The van der Waals surface area contributed by atoms with Crippen LogP contribution in [0.3, 0.4) is 0 Å². The number of carboxylic acids is 1. The largest absolute Gasteiger partial charge is 0.477 e. The maximum Gasteiger partial charge on any atom is 0.343 e. The number of carbonyl (C=O) groups is 1. The second-order valence-electron chi connectivity index (χ2n) is 9.36. The number of aryl methyl sites for hydroxylation is 1. The first-order valence-electron chi connectivity index (χ1n) is 10.4. The molecule has 3 N–H and O–H groups in total. The van der Waals surface area contributed by atoms with Crippen LogP contribution in [0.25, 0.3) is 10.9 Å². The fraction of sp³-hybridized carbons (Fsp3) is 0.545. The molecule has 1 saturated heterocycles. The number of alkyl halides is 1. The third-order valence-corrected chi connectivity index (χ3v) is 7.13. The number of carboxylic acid groups (broad SMARTS) is 1. The quantitative estimate of drug-likeness (QED) is 0.799. The van der Waals surface area contributed by atoms with Crippen LogP contribution in [0.4, 0.5) is 14.6 Å². The Kier molecular flexibility index (Phi) is 4.07. The van der Waals surface area contributed by atoms with Gasteiger partial charge in [-0.2, -0.15) is 0 Å². The number of hydrogen-bond donors (Lipinski definition) is 2. The highest BCUT2D eigenvalue weighted by Gasteiger charge is 2.52. The molecule has 30 heavy (non-hydrogen) atoms. The Labute approximate surface area is 172 Å². The summed E-state index contributed by atoms with van der Waals surface area (Å²) in [5.41, 5.74) is 5.97. The summed E-state index contributed by atoms with van der Waals surface area (Å²) in [5.74, 6) is -1.37. The standard InChI is InChI=1S/C22H25F2N3O3/c1-10-5-12(23)6-13-18(10)27(16-7-15(16)24)20(17(19(13)28)21(29)30)26-8-11(2)14(9-26)22(25)3-4-22/h5-6,11,14-16H,3-4,7-9,25H2,1-2H3,(H,29,30). The first-order chi connectivity index (χ1) is 14.1. The normalized spacial score (nSPS) is 29.4. The van der Waals surface area contributed by atoms with E-state index in [1.165, 1.54) is 6.07 Å². The Bertz CT molecular complexity index is 1140. The van der Waals surface area contributed by atoms with E-state index in [1.807, 2.05) is 4.90 Å². The number of rotatable bonds is 4. The van der Waals surface area contributed by atoms with Crippen molar-refractivity contribution < 1.29 is 18.7 Å². The van der Waals surface area contributed by atoms with Crippen molar-refractivity contribution in [3.63, 3.8) is 0 Å². The van der Waals surface area contributed by atoms with Crippen molar-refractivity contribution in [1.29, 1.82) is 0 Å². The Morgan fingerprint density at radius 3 is 2.53 bits per heavy atom. The number of halogens is 2. The summed E-state index contributed by atoms with van der Waals surface area (Å²) >= 11 is 0. The zero-order valence-corrected chi connectivity index (χ0v) is 17.0. The van der Waals surface area contributed by atoms with Crippen LogP contribution in [0, 0.1) is 24.6 Å². The van der Waals surface area contributed by atoms with Gasteiger partial charge in [0, 0.05) is 30.4 Å². The van der Waals surface area contributed by atoms with Gasteiger partial charge in [-0.1, -0.05) is 6.92 Å². The van der Waals surface area contributed by atoms with Crippen molar-refractivity contribution in [3.8, 4) is 0 Å². The topological polar surface area (TPSA) is 88.6 Å². The fourth-order valence-corrected chi connectivity index (χ4v) is 5.34. The highest BCUT2D eigenvalue weighted by molar-refractivity contribution is 5.99. The van der Waals surface area contributed by atoms with Gasteiger partial charge in [-0.25, -0.2) is 13.6 Å². The van der Waals surface area contributed by atoms with E-state index in [4.69, 9.17) is 5.73 Å². The molecule has 0 bridgehead atoms. The molecule has 3 aliphatic rings. The molecule has 5 rings (SSSR count). The predicted octanol–water partition coefficient (Wildman–Crippen LogP) is 2.99. The summed E-state index contributed by atoms with van der Waals surface area (Å²) in [6, 6.07) is 1.79. The molecular formula is C22H25F2N3O3. The van der Waals surface area contributed by atoms with E-state index in [0.29, 0.717) is 24.2 Å². The molecule has 4 unspecified atom stereocenters. The molecule has 1 aromatic carbocycles. The monoisotopic (exact) mass is 417 g/mol. The van der Waals surface area contributed by atoms with Gasteiger partial charge < -0.3 is 20.3 Å². The van der Waals surface area contributed by atoms with Gasteiger partial charge in [0.2, 0.25) is 5.43 Å². The van der Waals surface area contributed by atoms with Gasteiger partial charge in [-0.05, 0) is 49.3 Å². The number of nitrogens with zero attached hydrogens (tertiary/aromatic N) is 2. The van der Waals surface area contributed by atoms with Crippen LogP contribution in [0.5, 0.6) is 0 Å². The number of aromatic nitrogens is 1. The summed E-state index contributed by atoms with van der Waals surface area (Å²) in [6.45, 7) is 4.80. The second-order valence-corrected chi connectivity index (χ2v) is 9.36. The van der Waals surface area contributed by atoms with Gasteiger partial charge in [0.15, 0.2) is 0 Å². The molecule has 0 amide bonds. The number of nitrogens with two attached hydrogens (primary N) is 1. The molecule has 3 fully saturated rings. The molecule has 2 aromatic rings. The van der Waals surface area contributed by atoms with Crippen LogP contribution in [0.15, 0.2) is 16.9 Å². The molecular weight excluding hydrogens is 392 g/mol. The average molecular weight is 417 g/mol. The predicted molar refractivity (Wildman–Crippen MR) is 109 cm³/mol. The van der Waals surface area contributed by atoms with Gasteiger partial charge in [0.1, 0.15) is 23.4 Å². The average Bonchev–Trinajstić information content (AvgIpc) is 3.54. The summed E-state index contributed by atoms with van der Waals surface area (Å²) in [4.78, 5) is 27.3. The molecule has 1 aromatic heterocycles. The minimum atomic E-state index is -1.38. The van der Waals surface area contributed by atoms with Gasteiger partial charge >= 0.3 is 5.97 Å². The van der Waals surface area contributed by atoms with E-state index in [1.54, 1.807) is 11.5 Å². The number of anilines is 1. The Morgan fingerprint density at radius 2 is 1.97 bits per heavy atom. The third-order valence-electron chi connectivity index (χ3n) is 7.13. The smallest absolute Gasteiger partial charge is 0.343 e. The minimum Gasteiger partial charge on any atom is -0.477 e. The van der Waals surface area contributed by atoms with Crippen molar-refractivity contribution in [2.45, 2.75) is 50.9 Å². The lowest BCUT2D eigenvalue weighted by Gasteiger charge is -2.28. The Balaban J connectivity index is 1.79. The zero-order chi connectivity index (χ0) is 21.5. The van der Waals surface area contributed by atoms with E-state index in [-0.39, 0.29) is 35.0 Å². The van der Waals surface area contributed by atoms with Crippen molar-refractivity contribution in [1.82, 2.24) is 4.57 Å². The number of hydrogen-bond acceptors (Lipinski definition) is 4. The van der Waals surface area contributed by atoms with Crippen LogP contribution in [-0.2, 0) is 0 Å². The highest BCUT2D eigenvalue weighted by atomic mass is 19.1. The van der Waals surface area contributed by atoms with E-state index < -0.39 is 35.0 Å². The van der Waals surface area contributed by atoms with E-state index in [2.05, 4.69) is 6.92 Å². The zero-order valence-electron chi connectivity index (χ0n) is 17.0. The first-order valence-corrected chi connectivity index (χ1v) is 10.4. The molecule has 2 heterocycles. The Hall–Kier alpha value is -2.48. The Morgan fingerprint density at radius 1 is 1.30 bits per heavy atom. The summed E-state index contributed by atoms with van der Waals surface area (Å²) in [5, 5.41) is 9.93. The first kappa shape index (κ1) is 19.5. The second kappa shape index (κ2) is 6.26. The van der Waals surface area contributed by atoms with Crippen LogP contribution in [-0.4, -0.2) is 40.4 Å². The van der Waals surface area contributed by atoms with Crippen molar-refractivity contribution in [3.05, 3.63) is 39.3 Å². The van der Waals surface area contributed by atoms with E-state index in [9.17, 15) is 23.5 Å². The molecule has 8 heteroatoms. The summed E-state index contributed by atoms with van der Waals surface area (Å²) < 4.78 is 30.0. The molecule has 1 aliphatic heterocycles. The van der Waals surface area contributed by atoms with Crippen LogP contribution < -0.4 is 16.1 Å². The van der Waals surface area contributed by atoms with Gasteiger partial charge in [0.05, 0.1) is 11.6 Å². The molecule has 0 radical (unpaired) electrons. The molecule has 0 spiro atoms. The third kappa shape index (κ3) is 2.76. The number of fused-ring (bicyclic) bond motifs is 1. The van der Waals surface area contributed by atoms with Crippen LogP contribution in [0.1, 0.15) is 48.1 Å². The van der Waals surface area contributed by atoms with Crippen molar-refractivity contribution in [2.75, 3.05) is 18.0 Å². The number of aromatic carboxylic acids is 1. The number of benzene rings is 1. The lowest BCUT2D eigenvalue weighted by molar-refractivity contribution is 0.0695. The van der Waals surface area contributed by atoms with Crippen molar-refractivity contribution >= 4 is 22.7 Å². The fourth-order valence-electron chi connectivity index (χ4n) is 5.34. The van der Waals surface area contributed by atoms with Crippen molar-refractivity contribution in [2.24, 2.45) is 17.6 Å². The minimum absolute atomic E-state index is 0.0194. The van der Waals surface area contributed by atoms with E-state index >= 15 is 0 Å². The van der Waals surface area contributed by atoms with Gasteiger partial charge in [0.25, 0.3) is 0 Å². The highest BCUT2D eigenvalue weighted by Crippen LogP contribution is 2.49.